The molecule has 0 bridgehead atoms. The van der Waals surface area contributed by atoms with Gasteiger partial charge in [-0.15, -0.1) is 0 Å². The summed E-state index contributed by atoms with van der Waals surface area (Å²) >= 11 is 6.04. The molecule has 2 heterocycles. The van der Waals surface area contributed by atoms with Gasteiger partial charge in [0.1, 0.15) is 0 Å². The maximum absolute atomic E-state index is 6.04. The molecule has 0 radical (unpaired) electrons. The number of benzene rings is 1. The van der Waals surface area contributed by atoms with Gasteiger partial charge in [0.05, 0.1) is 0 Å². The Kier molecular flexibility index (Phi) is 4.64. The van der Waals surface area contributed by atoms with Gasteiger partial charge >= 0.3 is 6.01 Å². The Morgan fingerprint density at radius 2 is 2.00 bits per heavy atom. The molecule has 0 amide bonds. The Bertz CT molecular complexity index is 620. The average molecular weight is 321 g/mol. The lowest BCUT2D eigenvalue weighted by Crippen LogP contribution is -2.46. The third kappa shape index (κ3) is 3.59. The molecule has 6 heteroatoms. The molecular formula is C16H21ClN4O. The molecule has 0 atom stereocenters. The van der Waals surface area contributed by atoms with Crippen molar-refractivity contribution in [2.45, 2.75) is 26.3 Å². The lowest BCUT2D eigenvalue weighted by atomic mass is 10.2. The molecule has 1 fully saturated rings. The Hall–Kier alpha value is -1.59. The van der Waals surface area contributed by atoms with Gasteiger partial charge < -0.3 is 9.42 Å². The van der Waals surface area contributed by atoms with Crippen LogP contribution in [-0.4, -0.2) is 41.2 Å². The first-order valence-electron chi connectivity index (χ1n) is 7.67. The normalized spacial score (nSPS) is 16.5. The smallest absolute Gasteiger partial charge is 0.322 e. The van der Waals surface area contributed by atoms with Gasteiger partial charge in [-0.2, -0.15) is 4.98 Å². The molecule has 5 nitrogen and oxygen atoms in total. The van der Waals surface area contributed by atoms with Crippen molar-refractivity contribution in [3.8, 4) is 0 Å². The van der Waals surface area contributed by atoms with Gasteiger partial charge in [0, 0.05) is 43.7 Å². The topological polar surface area (TPSA) is 45.4 Å². The highest BCUT2D eigenvalue weighted by Gasteiger charge is 2.22. The summed E-state index contributed by atoms with van der Waals surface area (Å²) < 4.78 is 5.36. The molecule has 1 aromatic carbocycles. The SMILES string of the molecule is CC(C)c1noc(N2CCN(Cc3cccc(Cl)c3)CC2)n1. The zero-order valence-corrected chi connectivity index (χ0v) is 13.8. The number of nitrogens with zero attached hydrogens (tertiary/aromatic N) is 4. The van der Waals surface area contributed by atoms with Crippen molar-refractivity contribution in [2.24, 2.45) is 0 Å². The molecule has 0 spiro atoms. The summed E-state index contributed by atoms with van der Waals surface area (Å²) in [7, 11) is 0. The summed E-state index contributed by atoms with van der Waals surface area (Å²) in [5.41, 5.74) is 1.25. The highest BCUT2D eigenvalue weighted by atomic mass is 35.5. The van der Waals surface area contributed by atoms with Crippen LogP contribution < -0.4 is 4.90 Å². The molecule has 1 aromatic heterocycles. The fourth-order valence-corrected chi connectivity index (χ4v) is 2.79. The van der Waals surface area contributed by atoms with Crippen LogP contribution in [0.1, 0.15) is 31.2 Å². The van der Waals surface area contributed by atoms with Crippen LogP contribution in [-0.2, 0) is 6.54 Å². The van der Waals surface area contributed by atoms with Crippen LogP contribution in [0.25, 0.3) is 0 Å². The van der Waals surface area contributed by atoms with E-state index in [1.807, 2.05) is 18.2 Å². The minimum absolute atomic E-state index is 0.293. The number of rotatable bonds is 4. The van der Waals surface area contributed by atoms with Crippen molar-refractivity contribution in [2.75, 3.05) is 31.1 Å². The van der Waals surface area contributed by atoms with E-state index in [-0.39, 0.29) is 0 Å². The van der Waals surface area contributed by atoms with Gasteiger partial charge in [-0.3, -0.25) is 4.90 Å². The second kappa shape index (κ2) is 6.67. The van der Waals surface area contributed by atoms with Crippen LogP contribution in [0, 0.1) is 0 Å². The predicted octanol–water partition coefficient (Wildman–Crippen LogP) is 3.17. The number of hydrogen-bond donors (Lipinski definition) is 0. The largest absolute Gasteiger partial charge is 0.324 e. The van der Waals surface area contributed by atoms with Crippen LogP contribution in [0.5, 0.6) is 0 Å². The Morgan fingerprint density at radius 3 is 2.64 bits per heavy atom. The van der Waals surface area contributed by atoms with E-state index in [4.69, 9.17) is 16.1 Å². The zero-order valence-electron chi connectivity index (χ0n) is 13.0. The van der Waals surface area contributed by atoms with Gasteiger partial charge in [0.25, 0.3) is 0 Å². The fraction of sp³-hybridized carbons (Fsp3) is 0.500. The van der Waals surface area contributed by atoms with E-state index in [1.165, 1.54) is 5.56 Å². The summed E-state index contributed by atoms with van der Waals surface area (Å²) in [6, 6.07) is 8.70. The van der Waals surface area contributed by atoms with Gasteiger partial charge in [0.15, 0.2) is 5.82 Å². The van der Waals surface area contributed by atoms with E-state index < -0.39 is 0 Å². The van der Waals surface area contributed by atoms with Gasteiger partial charge in [-0.05, 0) is 17.7 Å². The summed E-state index contributed by atoms with van der Waals surface area (Å²) in [6.07, 6.45) is 0. The van der Waals surface area contributed by atoms with Gasteiger partial charge in [-0.1, -0.05) is 42.7 Å². The van der Waals surface area contributed by atoms with Crippen LogP contribution in [0.2, 0.25) is 5.02 Å². The van der Waals surface area contributed by atoms with E-state index in [0.29, 0.717) is 11.9 Å². The summed E-state index contributed by atoms with van der Waals surface area (Å²) in [5.74, 6) is 1.07. The standard InChI is InChI=1S/C16H21ClN4O/c1-12(2)15-18-16(22-19-15)21-8-6-20(7-9-21)11-13-4-3-5-14(17)10-13/h3-5,10,12H,6-9,11H2,1-2H3. The Balaban J connectivity index is 1.55. The van der Waals surface area contributed by atoms with Crippen LogP contribution in [0.4, 0.5) is 6.01 Å². The van der Waals surface area contributed by atoms with Crippen molar-refractivity contribution in [1.29, 1.82) is 0 Å². The molecule has 22 heavy (non-hydrogen) atoms. The van der Waals surface area contributed by atoms with E-state index in [1.54, 1.807) is 0 Å². The quantitative estimate of drug-likeness (QED) is 0.866. The number of anilines is 1. The van der Waals surface area contributed by atoms with E-state index in [9.17, 15) is 0 Å². The molecule has 1 saturated heterocycles. The third-order valence-electron chi connectivity index (χ3n) is 3.89. The molecular weight excluding hydrogens is 300 g/mol. The van der Waals surface area contributed by atoms with Crippen LogP contribution >= 0.6 is 11.6 Å². The highest BCUT2D eigenvalue weighted by Crippen LogP contribution is 2.19. The Labute approximate surface area is 135 Å². The number of halogens is 1. The number of piperazine rings is 1. The third-order valence-corrected chi connectivity index (χ3v) is 4.12. The minimum Gasteiger partial charge on any atom is -0.322 e. The van der Waals surface area contributed by atoms with E-state index in [0.717, 1.165) is 43.6 Å². The molecule has 2 aromatic rings. The second-order valence-corrected chi connectivity index (χ2v) is 6.42. The summed E-state index contributed by atoms with van der Waals surface area (Å²) in [4.78, 5) is 9.04. The Morgan fingerprint density at radius 1 is 1.23 bits per heavy atom. The second-order valence-electron chi connectivity index (χ2n) is 5.98. The van der Waals surface area contributed by atoms with Crippen molar-refractivity contribution < 1.29 is 4.52 Å². The summed E-state index contributed by atoms with van der Waals surface area (Å²) in [5, 5.41) is 4.83. The molecule has 0 N–H and O–H groups in total. The first-order valence-corrected chi connectivity index (χ1v) is 8.05. The molecule has 1 aliphatic heterocycles. The molecule has 1 aliphatic rings. The van der Waals surface area contributed by atoms with Crippen molar-refractivity contribution in [3.63, 3.8) is 0 Å². The monoisotopic (exact) mass is 320 g/mol. The first kappa shape index (κ1) is 15.3. The molecule has 3 rings (SSSR count). The molecule has 0 aliphatic carbocycles. The number of aromatic nitrogens is 2. The van der Waals surface area contributed by atoms with Crippen molar-refractivity contribution >= 4 is 17.6 Å². The molecule has 0 unspecified atom stereocenters. The maximum atomic E-state index is 6.04. The number of hydrogen-bond acceptors (Lipinski definition) is 5. The average Bonchev–Trinajstić information content (AvgIpc) is 2.98. The highest BCUT2D eigenvalue weighted by molar-refractivity contribution is 6.30. The minimum atomic E-state index is 0.293. The zero-order chi connectivity index (χ0) is 15.5. The lowest BCUT2D eigenvalue weighted by molar-refractivity contribution is 0.242. The van der Waals surface area contributed by atoms with Crippen LogP contribution in [0.15, 0.2) is 28.8 Å². The van der Waals surface area contributed by atoms with Gasteiger partial charge in [0.2, 0.25) is 0 Å². The predicted molar refractivity (Wildman–Crippen MR) is 87.3 cm³/mol. The van der Waals surface area contributed by atoms with Crippen molar-refractivity contribution in [1.82, 2.24) is 15.0 Å². The first-order chi connectivity index (χ1) is 10.6. The van der Waals surface area contributed by atoms with E-state index >= 15 is 0 Å². The van der Waals surface area contributed by atoms with Crippen molar-refractivity contribution in [3.05, 3.63) is 40.7 Å². The van der Waals surface area contributed by atoms with E-state index in [2.05, 4.69) is 39.9 Å². The summed E-state index contributed by atoms with van der Waals surface area (Å²) in [6.45, 7) is 8.82. The lowest BCUT2D eigenvalue weighted by Gasteiger charge is -2.33. The molecule has 118 valence electrons. The van der Waals surface area contributed by atoms with Crippen LogP contribution in [0.3, 0.4) is 0 Å². The fourth-order valence-electron chi connectivity index (χ4n) is 2.58. The molecule has 0 saturated carbocycles. The van der Waals surface area contributed by atoms with Gasteiger partial charge in [-0.25, -0.2) is 0 Å². The maximum Gasteiger partial charge on any atom is 0.324 e.